The summed E-state index contributed by atoms with van der Waals surface area (Å²) in [7, 11) is 0. The molecule has 2 aromatic rings. The average Bonchev–Trinajstić information content (AvgIpc) is 3.16. The highest BCUT2D eigenvalue weighted by atomic mass is 16.6. The van der Waals surface area contributed by atoms with Crippen LogP contribution in [0.5, 0.6) is 5.75 Å². The second-order valence-electron chi connectivity index (χ2n) is 6.97. The first-order valence-corrected chi connectivity index (χ1v) is 8.22. The van der Waals surface area contributed by atoms with E-state index in [0.717, 1.165) is 11.8 Å². The van der Waals surface area contributed by atoms with E-state index in [1.54, 1.807) is 12.1 Å². The molecule has 0 bridgehead atoms. The van der Waals surface area contributed by atoms with E-state index in [4.69, 9.17) is 13.9 Å². The Labute approximate surface area is 140 Å². The van der Waals surface area contributed by atoms with Crippen molar-refractivity contribution in [1.29, 1.82) is 0 Å². The number of carbonyl (C=O) groups excluding carboxylic acids is 1. The third-order valence-corrected chi connectivity index (χ3v) is 4.31. The van der Waals surface area contributed by atoms with Crippen LogP contribution in [0.4, 0.5) is 0 Å². The van der Waals surface area contributed by atoms with E-state index in [-0.39, 0.29) is 29.0 Å². The molecule has 0 amide bonds. The van der Waals surface area contributed by atoms with Gasteiger partial charge in [0.15, 0.2) is 5.78 Å². The summed E-state index contributed by atoms with van der Waals surface area (Å²) in [5, 5.41) is 0.855. The molecule has 1 aromatic carbocycles. The van der Waals surface area contributed by atoms with E-state index in [0.29, 0.717) is 24.4 Å². The zero-order valence-corrected chi connectivity index (χ0v) is 14.2. The monoisotopic (exact) mass is 330 g/mol. The minimum Gasteiger partial charge on any atom is -0.493 e. The fourth-order valence-electron chi connectivity index (χ4n) is 2.78. The van der Waals surface area contributed by atoms with Crippen LogP contribution in [0.15, 0.2) is 39.5 Å². The number of hydrogen-bond acceptors (Lipinski definition) is 5. The summed E-state index contributed by atoms with van der Waals surface area (Å²) in [5.41, 5.74) is -0.157. The first-order chi connectivity index (χ1) is 11.3. The van der Waals surface area contributed by atoms with Crippen LogP contribution in [0.1, 0.15) is 33.6 Å². The molecule has 1 aromatic heterocycles. The Balaban J connectivity index is 1.49. The van der Waals surface area contributed by atoms with Crippen molar-refractivity contribution in [1.82, 2.24) is 0 Å². The quantitative estimate of drug-likeness (QED) is 0.575. The van der Waals surface area contributed by atoms with Gasteiger partial charge in [-0.15, -0.1) is 0 Å². The molecule has 128 valence electrons. The highest BCUT2D eigenvalue weighted by molar-refractivity contribution is 5.86. The molecule has 0 saturated carbocycles. The van der Waals surface area contributed by atoms with Crippen LogP contribution in [0, 0.1) is 5.92 Å². The number of hydrogen-bond donors (Lipinski definition) is 0. The molecule has 1 aliphatic heterocycles. The standard InChI is InChI=1S/C19H22O5/c1-12(10-15(20)18-19(2,3)24-18)8-9-22-14-6-4-13-5-7-17(21)23-16(13)11-14/h4-7,11-12,18H,8-10H2,1-3H3/t12-,18-/m1/s1. The zero-order valence-electron chi connectivity index (χ0n) is 14.2. The Bertz CT molecular complexity index is 805. The Hall–Kier alpha value is -2.14. The SMILES string of the molecule is C[C@H](CCOc1ccc2ccc(=O)oc2c1)CC(=O)[C@H]1OC1(C)C. The fraction of sp³-hybridized carbons (Fsp3) is 0.474. The van der Waals surface area contributed by atoms with Crippen molar-refractivity contribution >= 4 is 16.8 Å². The number of ketones is 1. The van der Waals surface area contributed by atoms with E-state index in [9.17, 15) is 9.59 Å². The van der Waals surface area contributed by atoms with E-state index < -0.39 is 0 Å². The fourth-order valence-corrected chi connectivity index (χ4v) is 2.78. The molecule has 5 heteroatoms. The van der Waals surface area contributed by atoms with E-state index in [2.05, 4.69) is 0 Å². The van der Waals surface area contributed by atoms with Gasteiger partial charge in [0, 0.05) is 23.9 Å². The van der Waals surface area contributed by atoms with Gasteiger partial charge in [0.05, 0.1) is 12.2 Å². The molecule has 0 aliphatic carbocycles. The van der Waals surface area contributed by atoms with Gasteiger partial charge < -0.3 is 13.9 Å². The molecule has 5 nitrogen and oxygen atoms in total. The Kier molecular flexibility index (Phi) is 4.45. The van der Waals surface area contributed by atoms with Gasteiger partial charge in [-0.1, -0.05) is 6.92 Å². The Morgan fingerprint density at radius 3 is 2.71 bits per heavy atom. The van der Waals surface area contributed by atoms with Gasteiger partial charge in [0.25, 0.3) is 0 Å². The van der Waals surface area contributed by atoms with Crippen LogP contribution < -0.4 is 10.4 Å². The molecule has 1 saturated heterocycles. The van der Waals surface area contributed by atoms with Gasteiger partial charge >= 0.3 is 5.63 Å². The van der Waals surface area contributed by atoms with Gasteiger partial charge in [-0.3, -0.25) is 4.79 Å². The van der Waals surface area contributed by atoms with Crippen molar-refractivity contribution in [2.24, 2.45) is 5.92 Å². The molecule has 0 spiro atoms. The summed E-state index contributed by atoms with van der Waals surface area (Å²) in [6.45, 7) is 6.41. The summed E-state index contributed by atoms with van der Waals surface area (Å²) in [6.07, 6.45) is 1.03. The normalized spacial score (nSPS) is 19.9. The first kappa shape index (κ1) is 16.7. The molecule has 0 N–H and O–H groups in total. The molecule has 0 unspecified atom stereocenters. The summed E-state index contributed by atoms with van der Waals surface area (Å²) in [6, 6.07) is 8.53. The predicted octanol–water partition coefficient (Wildman–Crippen LogP) is 3.33. The third kappa shape index (κ3) is 3.85. The van der Waals surface area contributed by atoms with Crippen molar-refractivity contribution < 1.29 is 18.7 Å². The minimum absolute atomic E-state index is 0.167. The van der Waals surface area contributed by atoms with Gasteiger partial charge in [-0.05, 0) is 44.4 Å². The lowest BCUT2D eigenvalue weighted by Gasteiger charge is -2.11. The number of carbonyl (C=O) groups is 1. The predicted molar refractivity (Wildman–Crippen MR) is 90.3 cm³/mol. The molecule has 2 atom stereocenters. The maximum absolute atomic E-state index is 12.0. The van der Waals surface area contributed by atoms with Crippen LogP contribution >= 0.6 is 0 Å². The summed E-state index contributed by atoms with van der Waals surface area (Å²) in [5.74, 6) is 1.05. The van der Waals surface area contributed by atoms with Crippen LogP contribution in [0.25, 0.3) is 11.0 Å². The largest absolute Gasteiger partial charge is 0.493 e. The van der Waals surface area contributed by atoms with Gasteiger partial charge in [-0.2, -0.15) is 0 Å². The number of benzene rings is 1. The number of ether oxygens (including phenoxy) is 2. The molecule has 24 heavy (non-hydrogen) atoms. The van der Waals surface area contributed by atoms with Crippen molar-refractivity contribution in [3.63, 3.8) is 0 Å². The van der Waals surface area contributed by atoms with E-state index >= 15 is 0 Å². The molecule has 3 rings (SSSR count). The molecular weight excluding hydrogens is 308 g/mol. The van der Waals surface area contributed by atoms with Crippen molar-refractivity contribution in [2.75, 3.05) is 6.61 Å². The first-order valence-electron chi connectivity index (χ1n) is 8.22. The van der Waals surface area contributed by atoms with Crippen molar-refractivity contribution in [3.8, 4) is 5.75 Å². The smallest absolute Gasteiger partial charge is 0.336 e. The van der Waals surface area contributed by atoms with Gasteiger partial charge in [0.1, 0.15) is 17.4 Å². The Morgan fingerprint density at radius 1 is 1.29 bits per heavy atom. The molecule has 2 heterocycles. The molecular formula is C19H22O5. The highest BCUT2D eigenvalue weighted by Gasteiger charge is 2.52. The third-order valence-electron chi connectivity index (χ3n) is 4.31. The summed E-state index contributed by atoms with van der Waals surface area (Å²) < 4.78 is 16.2. The van der Waals surface area contributed by atoms with Gasteiger partial charge in [-0.25, -0.2) is 4.79 Å². The summed E-state index contributed by atoms with van der Waals surface area (Å²) in [4.78, 5) is 23.3. The highest BCUT2D eigenvalue weighted by Crippen LogP contribution is 2.37. The second kappa shape index (κ2) is 6.40. The topological polar surface area (TPSA) is 69.0 Å². The minimum atomic E-state index is -0.378. The van der Waals surface area contributed by atoms with E-state index in [1.165, 1.54) is 6.07 Å². The molecule has 1 aliphatic rings. The number of fused-ring (bicyclic) bond motifs is 1. The lowest BCUT2D eigenvalue weighted by atomic mass is 9.96. The lowest BCUT2D eigenvalue weighted by Crippen LogP contribution is -2.18. The van der Waals surface area contributed by atoms with Crippen LogP contribution in [-0.2, 0) is 9.53 Å². The van der Waals surface area contributed by atoms with Crippen molar-refractivity contribution in [2.45, 2.75) is 45.3 Å². The Morgan fingerprint density at radius 2 is 2.00 bits per heavy atom. The van der Waals surface area contributed by atoms with Crippen LogP contribution in [0.2, 0.25) is 0 Å². The van der Waals surface area contributed by atoms with Gasteiger partial charge in [0.2, 0.25) is 0 Å². The number of rotatable bonds is 7. The maximum atomic E-state index is 12.0. The maximum Gasteiger partial charge on any atom is 0.336 e. The number of epoxide rings is 1. The summed E-state index contributed by atoms with van der Waals surface area (Å²) >= 11 is 0. The molecule has 0 radical (unpaired) electrons. The zero-order chi connectivity index (χ0) is 17.3. The van der Waals surface area contributed by atoms with Crippen molar-refractivity contribution in [3.05, 3.63) is 40.8 Å². The van der Waals surface area contributed by atoms with Crippen LogP contribution in [-0.4, -0.2) is 24.1 Å². The van der Waals surface area contributed by atoms with E-state index in [1.807, 2.05) is 32.9 Å². The average molecular weight is 330 g/mol. The van der Waals surface area contributed by atoms with Crippen LogP contribution in [0.3, 0.4) is 0 Å². The number of Topliss-reactive ketones (excluding diaryl/α,β-unsaturated/α-hetero) is 1. The molecule has 1 fully saturated rings. The lowest BCUT2D eigenvalue weighted by molar-refractivity contribution is -0.121. The second-order valence-corrected chi connectivity index (χ2v) is 6.97.